The monoisotopic (exact) mass is 494 g/mol. The largest absolute Gasteiger partial charge is 0.457 e. The van der Waals surface area contributed by atoms with E-state index in [4.69, 9.17) is 4.74 Å². The summed E-state index contributed by atoms with van der Waals surface area (Å²) in [5.41, 5.74) is 1.49. The molecule has 0 aliphatic rings. The zero-order chi connectivity index (χ0) is 24.4. The Morgan fingerprint density at radius 2 is 1.91 bits per heavy atom. The lowest BCUT2D eigenvalue weighted by molar-refractivity contribution is -0.138. The summed E-state index contributed by atoms with van der Waals surface area (Å²) in [5.74, 6) is 0.231. The highest BCUT2D eigenvalue weighted by atomic mass is 32.1. The molecule has 5 rings (SSSR count). The number of carbonyl (C=O) groups is 1. The van der Waals surface area contributed by atoms with E-state index in [0.29, 0.717) is 34.5 Å². The Kier molecular flexibility index (Phi) is 5.96. The van der Waals surface area contributed by atoms with Gasteiger partial charge in [-0.25, -0.2) is 9.97 Å². The van der Waals surface area contributed by atoms with Crippen LogP contribution in [0.1, 0.15) is 20.9 Å². The van der Waals surface area contributed by atoms with Gasteiger partial charge in [-0.3, -0.25) is 4.79 Å². The summed E-state index contributed by atoms with van der Waals surface area (Å²) in [6.45, 7) is 0.339. The van der Waals surface area contributed by atoms with Gasteiger partial charge in [0.1, 0.15) is 22.3 Å². The second kappa shape index (κ2) is 9.22. The Bertz CT molecular complexity index is 1500. The number of para-hydroxylation sites is 1. The number of amides is 1. The van der Waals surface area contributed by atoms with Crippen LogP contribution in [0.25, 0.3) is 22.4 Å². The van der Waals surface area contributed by atoms with Crippen LogP contribution in [0, 0.1) is 0 Å². The van der Waals surface area contributed by atoms with Gasteiger partial charge >= 0.3 is 6.18 Å². The van der Waals surface area contributed by atoms with E-state index in [2.05, 4.69) is 20.3 Å². The fourth-order valence-electron chi connectivity index (χ4n) is 3.51. The Morgan fingerprint density at radius 1 is 1.06 bits per heavy atom. The van der Waals surface area contributed by atoms with Crippen LogP contribution in [0.4, 0.5) is 13.2 Å². The second-order valence-electron chi connectivity index (χ2n) is 7.55. The molecule has 2 aromatic heterocycles. The topological polar surface area (TPSA) is 79.9 Å². The molecule has 0 aliphatic heterocycles. The number of rotatable bonds is 6. The van der Waals surface area contributed by atoms with E-state index in [1.165, 1.54) is 29.5 Å². The van der Waals surface area contributed by atoms with Crippen LogP contribution in [0.2, 0.25) is 0 Å². The number of hydrogen-bond donors (Lipinski definition) is 2. The molecule has 0 spiro atoms. The smallest absolute Gasteiger partial charge is 0.419 e. The maximum atomic E-state index is 13.3. The number of H-pyrrole nitrogens is 1. The Morgan fingerprint density at radius 3 is 2.71 bits per heavy atom. The number of fused-ring (bicyclic) bond motifs is 1. The van der Waals surface area contributed by atoms with Crippen LogP contribution in [0.15, 0.2) is 78.3 Å². The van der Waals surface area contributed by atoms with Gasteiger partial charge < -0.3 is 15.0 Å². The number of aromatic nitrogens is 3. The summed E-state index contributed by atoms with van der Waals surface area (Å²) >= 11 is 1.46. The normalized spacial score (nSPS) is 11.5. The minimum absolute atomic E-state index is 0.236. The molecular formula is C25H17F3N4O2S. The van der Waals surface area contributed by atoms with Crippen LogP contribution in [-0.4, -0.2) is 20.9 Å². The summed E-state index contributed by atoms with van der Waals surface area (Å²) < 4.78 is 45.4. The molecule has 0 unspecified atom stereocenters. The molecule has 0 saturated carbocycles. The molecule has 0 bridgehead atoms. The van der Waals surface area contributed by atoms with Gasteiger partial charge in [0.05, 0.1) is 23.1 Å². The molecule has 10 heteroatoms. The lowest BCUT2D eigenvalue weighted by Gasteiger charge is -2.13. The maximum absolute atomic E-state index is 13.3. The van der Waals surface area contributed by atoms with E-state index >= 15 is 0 Å². The Balaban J connectivity index is 1.37. The fraction of sp³-hybridized carbons (Fsp3) is 0.0800. The molecule has 6 nitrogen and oxygen atoms in total. The van der Waals surface area contributed by atoms with Crippen LogP contribution < -0.4 is 10.1 Å². The van der Waals surface area contributed by atoms with Crippen molar-refractivity contribution in [3.8, 4) is 22.9 Å². The first-order valence-electron chi connectivity index (χ1n) is 10.5. The third-order valence-electron chi connectivity index (χ3n) is 5.16. The van der Waals surface area contributed by atoms with Crippen molar-refractivity contribution < 1.29 is 22.7 Å². The van der Waals surface area contributed by atoms with Crippen LogP contribution in [0.5, 0.6) is 11.5 Å². The summed E-state index contributed by atoms with van der Waals surface area (Å²) in [7, 11) is 0. The highest BCUT2D eigenvalue weighted by Gasteiger charge is 2.34. The molecule has 0 radical (unpaired) electrons. The molecule has 0 saturated heterocycles. The van der Waals surface area contributed by atoms with Gasteiger partial charge in [-0.2, -0.15) is 13.2 Å². The zero-order valence-corrected chi connectivity index (χ0v) is 18.8. The van der Waals surface area contributed by atoms with Crippen molar-refractivity contribution in [2.45, 2.75) is 12.7 Å². The molecule has 1 amide bonds. The van der Waals surface area contributed by atoms with Crippen molar-refractivity contribution in [3.63, 3.8) is 0 Å². The number of hydrogen-bond acceptors (Lipinski definition) is 5. The van der Waals surface area contributed by atoms with Gasteiger partial charge in [-0.05, 0) is 36.4 Å². The SMILES string of the molecule is O=C(NCc1nccs1)c1cccc(-c2nc3ccc(Oc4ccccc4C(F)(F)F)cc3[nH]2)c1. The molecular weight excluding hydrogens is 477 g/mol. The number of nitrogens with zero attached hydrogens (tertiary/aromatic N) is 2. The maximum Gasteiger partial charge on any atom is 0.419 e. The van der Waals surface area contributed by atoms with Crippen molar-refractivity contribution in [1.82, 2.24) is 20.3 Å². The van der Waals surface area contributed by atoms with Crippen molar-refractivity contribution >= 4 is 28.3 Å². The van der Waals surface area contributed by atoms with E-state index in [9.17, 15) is 18.0 Å². The standard InChI is InChI=1S/C25H17F3N4O2S/c26-25(27,28)18-6-1-2-7-21(18)34-17-8-9-19-20(13-17)32-23(31-19)15-4-3-5-16(12-15)24(33)30-14-22-29-10-11-35-22/h1-13H,14H2,(H,30,33)(H,31,32). The quantitative estimate of drug-likeness (QED) is 0.285. The molecule has 0 fully saturated rings. The van der Waals surface area contributed by atoms with E-state index < -0.39 is 11.7 Å². The predicted molar refractivity (Wildman–Crippen MR) is 126 cm³/mol. The first-order valence-corrected chi connectivity index (χ1v) is 11.4. The first kappa shape index (κ1) is 22.6. The van der Waals surface area contributed by atoms with Crippen molar-refractivity contribution in [2.24, 2.45) is 0 Å². The van der Waals surface area contributed by atoms with Crippen LogP contribution in [-0.2, 0) is 12.7 Å². The van der Waals surface area contributed by atoms with Gasteiger partial charge in [0.15, 0.2) is 0 Å². The summed E-state index contributed by atoms with van der Waals surface area (Å²) in [6.07, 6.45) is -2.85. The molecule has 2 heterocycles. The van der Waals surface area contributed by atoms with Gasteiger partial charge in [0, 0.05) is 28.8 Å². The van der Waals surface area contributed by atoms with E-state index in [1.807, 2.05) is 11.4 Å². The van der Waals surface area contributed by atoms with Gasteiger partial charge in [0.25, 0.3) is 5.91 Å². The van der Waals surface area contributed by atoms with E-state index in [1.54, 1.807) is 42.6 Å². The van der Waals surface area contributed by atoms with Gasteiger partial charge in [-0.15, -0.1) is 11.3 Å². The summed E-state index contributed by atoms with van der Waals surface area (Å²) in [6, 6.07) is 16.8. The van der Waals surface area contributed by atoms with Crippen molar-refractivity contribution in [2.75, 3.05) is 0 Å². The molecule has 0 aliphatic carbocycles. The summed E-state index contributed by atoms with van der Waals surface area (Å²) in [5, 5.41) is 5.48. The van der Waals surface area contributed by atoms with Crippen LogP contribution in [0.3, 0.4) is 0 Å². The molecule has 2 N–H and O–H groups in total. The Labute approximate surface area is 201 Å². The second-order valence-corrected chi connectivity index (χ2v) is 8.53. The third kappa shape index (κ3) is 5.02. The number of thiazole rings is 1. The fourth-order valence-corrected chi connectivity index (χ4v) is 4.07. The number of benzene rings is 3. The predicted octanol–water partition coefficient (Wildman–Crippen LogP) is 6.43. The van der Waals surface area contributed by atoms with Crippen molar-refractivity contribution in [3.05, 3.63) is 94.4 Å². The minimum Gasteiger partial charge on any atom is -0.457 e. The van der Waals surface area contributed by atoms with Crippen LogP contribution >= 0.6 is 11.3 Å². The van der Waals surface area contributed by atoms with E-state index in [-0.39, 0.29) is 17.4 Å². The Hall–Kier alpha value is -4.18. The average molecular weight is 494 g/mol. The molecule has 5 aromatic rings. The minimum atomic E-state index is -4.53. The molecule has 0 atom stereocenters. The molecule has 176 valence electrons. The number of ether oxygens (including phenoxy) is 1. The number of nitrogens with one attached hydrogen (secondary N) is 2. The highest BCUT2D eigenvalue weighted by molar-refractivity contribution is 7.09. The molecule has 3 aromatic carbocycles. The summed E-state index contributed by atoms with van der Waals surface area (Å²) in [4.78, 5) is 24.4. The lowest BCUT2D eigenvalue weighted by atomic mass is 10.1. The number of halogens is 3. The van der Waals surface area contributed by atoms with Gasteiger partial charge in [-0.1, -0.05) is 24.3 Å². The lowest BCUT2D eigenvalue weighted by Crippen LogP contribution is -2.22. The number of carbonyl (C=O) groups excluding carboxylic acids is 1. The number of imidazole rings is 1. The van der Waals surface area contributed by atoms with Crippen molar-refractivity contribution in [1.29, 1.82) is 0 Å². The van der Waals surface area contributed by atoms with Gasteiger partial charge in [0.2, 0.25) is 0 Å². The zero-order valence-electron chi connectivity index (χ0n) is 18.0. The number of aromatic amines is 1. The number of alkyl halides is 3. The first-order chi connectivity index (χ1) is 16.9. The average Bonchev–Trinajstić information content (AvgIpc) is 3.52. The van der Waals surface area contributed by atoms with E-state index in [0.717, 1.165) is 11.1 Å². The molecule has 35 heavy (non-hydrogen) atoms. The third-order valence-corrected chi connectivity index (χ3v) is 5.94. The highest BCUT2D eigenvalue weighted by Crippen LogP contribution is 2.38.